The van der Waals surface area contributed by atoms with Gasteiger partial charge in [-0.05, 0) is 31.9 Å². The third-order valence-corrected chi connectivity index (χ3v) is 7.21. The predicted molar refractivity (Wildman–Crippen MR) is 117 cm³/mol. The summed E-state index contributed by atoms with van der Waals surface area (Å²) in [7, 11) is 3.31. The van der Waals surface area contributed by atoms with Crippen molar-refractivity contribution in [2.24, 2.45) is 0 Å². The van der Waals surface area contributed by atoms with Gasteiger partial charge < -0.3 is 14.0 Å². The van der Waals surface area contributed by atoms with Crippen LogP contribution in [0, 0.1) is 6.92 Å². The number of para-hydroxylation sites is 1. The second-order valence-corrected chi connectivity index (χ2v) is 8.97. The van der Waals surface area contributed by atoms with Crippen LogP contribution in [-0.4, -0.2) is 34.0 Å². The molecular formula is C21H26N4O2S2. The minimum absolute atomic E-state index is 0.535. The van der Waals surface area contributed by atoms with E-state index in [0.717, 1.165) is 38.7 Å². The molecule has 0 spiro atoms. The number of benzene rings is 1. The van der Waals surface area contributed by atoms with Gasteiger partial charge in [0, 0.05) is 17.2 Å². The number of aromatic nitrogens is 4. The van der Waals surface area contributed by atoms with Gasteiger partial charge in [0.1, 0.15) is 10.8 Å². The van der Waals surface area contributed by atoms with Gasteiger partial charge in [0.2, 0.25) is 0 Å². The fourth-order valence-corrected chi connectivity index (χ4v) is 5.79. The lowest BCUT2D eigenvalue weighted by molar-refractivity contribution is 0.332. The van der Waals surface area contributed by atoms with Crippen LogP contribution >= 0.6 is 23.1 Å². The number of methoxy groups -OCH3 is 2. The first-order valence-corrected chi connectivity index (χ1v) is 11.8. The molecule has 6 nitrogen and oxygen atoms in total. The number of thioether (sulfide) groups is 1. The van der Waals surface area contributed by atoms with Crippen LogP contribution in [0.5, 0.6) is 11.5 Å². The zero-order valence-electron chi connectivity index (χ0n) is 17.1. The van der Waals surface area contributed by atoms with E-state index in [1.54, 1.807) is 37.3 Å². The summed E-state index contributed by atoms with van der Waals surface area (Å²) in [5, 5.41) is 12.8. The molecule has 0 N–H and O–H groups in total. The summed E-state index contributed by atoms with van der Waals surface area (Å²) in [4.78, 5) is 4.83. The van der Waals surface area contributed by atoms with Crippen molar-refractivity contribution in [2.75, 3.05) is 14.2 Å². The number of nitrogens with zero attached hydrogens (tertiary/aromatic N) is 4. The second-order valence-electron chi connectivity index (χ2n) is 7.17. The summed E-state index contributed by atoms with van der Waals surface area (Å²) < 4.78 is 13.3. The molecule has 0 atom stereocenters. The third-order valence-electron chi connectivity index (χ3n) is 5.31. The molecule has 1 aromatic carbocycles. The smallest absolute Gasteiger partial charge is 0.191 e. The largest absolute Gasteiger partial charge is 0.493 e. The zero-order chi connectivity index (χ0) is 20.2. The van der Waals surface area contributed by atoms with E-state index in [1.807, 2.05) is 18.2 Å². The molecule has 154 valence electrons. The van der Waals surface area contributed by atoms with Gasteiger partial charge in [0.05, 0.1) is 25.5 Å². The quantitative estimate of drug-likeness (QED) is 0.460. The maximum atomic E-state index is 5.56. The maximum absolute atomic E-state index is 5.56. The van der Waals surface area contributed by atoms with Crippen LogP contribution < -0.4 is 9.47 Å². The first-order chi connectivity index (χ1) is 14.2. The van der Waals surface area contributed by atoms with Crippen molar-refractivity contribution in [3.05, 3.63) is 35.1 Å². The van der Waals surface area contributed by atoms with Gasteiger partial charge in [-0.1, -0.05) is 37.1 Å². The van der Waals surface area contributed by atoms with Crippen molar-refractivity contribution in [3.63, 3.8) is 0 Å². The van der Waals surface area contributed by atoms with Crippen LogP contribution in [0.1, 0.15) is 49.7 Å². The fourth-order valence-electron chi connectivity index (χ4n) is 3.90. The number of hydrogen-bond donors (Lipinski definition) is 0. The molecule has 0 radical (unpaired) electrons. The molecule has 4 rings (SSSR count). The summed E-state index contributed by atoms with van der Waals surface area (Å²) in [6.45, 7) is 2.06. The van der Waals surface area contributed by atoms with Crippen molar-refractivity contribution in [3.8, 4) is 22.1 Å². The number of aryl methyl sites for hydroxylation is 1. The molecule has 1 fully saturated rings. The molecule has 0 amide bonds. The third kappa shape index (κ3) is 4.28. The van der Waals surface area contributed by atoms with Crippen LogP contribution in [0.4, 0.5) is 0 Å². The van der Waals surface area contributed by atoms with Crippen LogP contribution in [0.15, 0.2) is 28.7 Å². The van der Waals surface area contributed by atoms with Gasteiger partial charge in [-0.25, -0.2) is 4.98 Å². The minimum Gasteiger partial charge on any atom is -0.493 e. The molecule has 2 heterocycles. The Morgan fingerprint density at radius 1 is 1.14 bits per heavy atom. The number of rotatable bonds is 7. The molecule has 0 aliphatic heterocycles. The standard InChI is InChI=1S/C21H26N4O2S2/c1-14-23-24-21(25(14)16-8-5-4-6-9-16)29-13-15-12-28-20(22-15)17-10-7-11-18(26-2)19(17)27-3/h7,10-12,16H,4-6,8-9,13H2,1-3H3. The van der Waals surface area contributed by atoms with Gasteiger partial charge >= 0.3 is 0 Å². The van der Waals surface area contributed by atoms with Crippen molar-refractivity contribution in [2.45, 2.75) is 56.0 Å². The first-order valence-electron chi connectivity index (χ1n) is 9.91. The summed E-state index contributed by atoms with van der Waals surface area (Å²) in [6, 6.07) is 6.41. The first kappa shape index (κ1) is 20.2. The van der Waals surface area contributed by atoms with E-state index in [1.165, 1.54) is 32.1 Å². The lowest BCUT2D eigenvalue weighted by Crippen LogP contribution is -2.15. The van der Waals surface area contributed by atoms with Gasteiger partial charge in [-0.3, -0.25) is 0 Å². The van der Waals surface area contributed by atoms with Crippen molar-refractivity contribution >= 4 is 23.1 Å². The monoisotopic (exact) mass is 430 g/mol. The highest BCUT2D eigenvalue weighted by atomic mass is 32.2. The van der Waals surface area contributed by atoms with Crippen LogP contribution in [0.2, 0.25) is 0 Å². The van der Waals surface area contributed by atoms with E-state index in [-0.39, 0.29) is 0 Å². The molecule has 3 aromatic rings. The second kappa shape index (κ2) is 9.17. The van der Waals surface area contributed by atoms with Crippen molar-refractivity contribution in [1.82, 2.24) is 19.7 Å². The molecule has 29 heavy (non-hydrogen) atoms. The Hall–Kier alpha value is -2.06. The number of ether oxygens (including phenoxy) is 2. The summed E-state index contributed by atoms with van der Waals surface area (Å²) >= 11 is 3.34. The zero-order valence-corrected chi connectivity index (χ0v) is 18.7. The van der Waals surface area contributed by atoms with Crippen LogP contribution in [-0.2, 0) is 5.75 Å². The van der Waals surface area contributed by atoms with Gasteiger partial charge in [0.25, 0.3) is 0 Å². The van der Waals surface area contributed by atoms with Gasteiger partial charge in [-0.15, -0.1) is 21.5 Å². The molecule has 8 heteroatoms. The predicted octanol–water partition coefficient (Wildman–Crippen LogP) is 5.52. The highest BCUT2D eigenvalue weighted by Gasteiger charge is 2.22. The van der Waals surface area contributed by atoms with E-state index in [9.17, 15) is 0 Å². The van der Waals surface area contributed by atoms with E-state index < -0.39 is 0 Å². The lowest BCUT2D eigenvalue weighted by atomic mass is 9.95. The molecule has 1 saturated carbocycles. The van der Waals surface area contributed by atoms with E-state index in [4.69, 9.17) is 14.5 Å². The fraction of sp³-hybridized carbons (Fsp3) is 0.476. The summed E-state index contributed by atoms with van der Waals surface area (Å²) in [5.41, 5.74) is 1.99. The Labute approximate surface area is 179 Å². The van der Waals surface area contributed by atoms with E-state index in [0.29, 0.717) is 11.8 Å². The summed E-state index contributed by atoms with van der Waals surface area (Å²) in [6.07, 6.45) is 6.38. The Morgan fingerprint density at radius 2 is 1.97 bits per heavy atom. The molecule has 1 aliphatic carbocycles. The Bertz CT molecular complexity index is 963. The molecule has 0 bridgehead atoms. The lowest BCUT2D eigenvalue weighted by Gasteiger charge is -2.24. The van der Waals surface area contributed by atoms with E-state index >= 15 is 0 Å². The maximum Gasteiger partial charge on any atom is 0.191 e. The normalized spacial score (nSPS) is 14.9. The number of thiazole rings is 1. The SMILES string of the molecule is COc1cccc(-c2nc(CSc3nnc(C)n3C3CCCCC3)cs2)c1OC. The highest BCUT2D eigenvalue weighted by Crippen LogP contribution is 2.39. The molecule has 0 saturated heterocycles. The number of hydrogen-bond acceptors (Lipinski definition) is 7. The minimum atomic E-state index is 0.535. The average Bonchev–Trinajstić information content (AvgIpc) is 3.38. The molecule has 0 unspecified atom stereocenters. The molecule has 2 aromatic heterocycles. The van der Waals surface area contributed by atoms with Crippen LogP contribution in [0.3, 0.4) is 0 Å². The van der Waals surface area contributed by atoms with Crippen molar-refractivity contribution in [1.29, 1.82) is 0 Å². The van der Waals surface area contributed by atoms with Crippen LogP contribution in [0.25, 0.3) is 10.6 Å². The van der Waals surface area contributed by atoms with Gasteiger partial charge in [-0.2, -0.15) is 0 Å². The Kier molecular flexibility index (Phi) is 6.40. The summed E-state index contributed by atoms with van der Waals surface area (Å²) in [5.74, 6) is 3.22. The Morgan fingerprint density at radius 3 is 2.72 bits per heavy atom. The highest BCUT2D eigenvalue weighted by molar-refractivity contribution is 7.98. The molecule has 1 aliphatic rings. The molecular weight excluding hydrogens is 404 g/mol. The van der Waals surface area contributed by atoms with E-state index in [2.05, 4.69) is 27.1 Å². The van der Waals surface area contributed by atoms with Crippen molar-refractivity contribution < 1.29 is 9.47 Å². The van der Waals surface area contributed by atoms with Gasteiger partial charge in [0.15, 0.2) is 16.7 Å². The Balaban J connectivity index is 1.50. The topological polar surface area (TPSA) is 62.1 Å². The average molecular weight is 431 g/mol.